The van der Waals surface area contributed by atoms with Gasteiger partial charge in [0, 0.05) is 35.3 Å². The first-order valence-corrected chi connectivity index (χ1v) is 18.2. The minimum atomic E-state index is -0.720. The third-order valence-corrected chi connectivity index (χ3v) is 11.6. The molecule has 0 aromatic carbocycles. The number of carbonyl (C=O) groups is 3. The van der Waals surface area contributed by atoms with Crippen LogP contribution in [0.3, 0.4) is 0 Å². The third kappa shape index (κ3) is 9.60. The lowest BCUT2D eigenvalue weighted by molar-refractivity contribution is -0.148. The minimum absolute atomic E-state index is 0.0352. The van der Waals surface area contributed by atoms with Crippen LogP contribution >= 0.6 is 11.6 Å². The predicted octanol–water partition coefficient (Wildman–Crippen LogP) is 8.44. The van der Waals surface area contributed by atoms with Crippen LogP contribution in [0.2, 0.25) is 0 Å². The van der Waals surface area contributed by atoms with E-state index in [-0.39, 0.29) is 47.3 Å². The molecular formula is C40H57ClO7. The van der Waals surface area contributed by atoms with E-state index in [9.17, 15) is 19.5 Å². The number of ether oxygens (including phenoxy) is 3. The van der Waals surface area contributed by atoms with Crippen molar-refractivity contribution in [1.29, 1.82) is 0 Å². The molecule has 0 aromatic heterocycles. The highest BCUT2D eigenvalue weighted by Gasteiger charge is 2.55. The zero-order valence-corrected chi connectivity index (χ0v) is 30.7. The number of rotatable bonds is 0. The van der Waals surface area contributed by atoms with Gasteiger partial charge in [0.05, 0.1) is 22.7 Å². The number of epoxide rings is 1. The molecule has 3 saturated heterocycles. The average Bonchev–Trinajstić information content (AvgIpc) is 3.46. The third-order valence-electron chi connectivity index (χ3n) is 11.2. The van der Waals surface area contributed by atoms with E-state index in [0.29, 0.717) is 36.8 Å². The maximum atomic E-state index is 12.8. The summed E-state index contributed by atoms with van der Waals surface area (Å²) in [7, 11) is 0. The van der Waals surface area contributed by atoms with Crippen molar-refractivity contribution in [2.24, 2.45) is 17.8 Å². The molecule has 0 unspecified atom stereocenters. The van der Waals surface area contributed by atoms with Gasteiger partial charge in [-0.25, -0.2) is 9.59 Å². The fourth-order valence-electron chi connectivity index (χ4n) is 7.44. The topological polar surface area (TPSA) is 102 Å². The molecule has 0 bridgehead atoms. The number of halogens is 1. The van der Waals surface area contributed by atoms with E-state index in [4.69, 9.17) is 25.8 Å². The lowest BCUT2D eigenvalue weighted by Gasteiger charge is -2.31. The first-order valence-electron chi connectivity index (χ1n) is 17.9. The van der Waals surface area contributed by atoms with Crippen molar-refractivity contribution in [2.75, 3.05) is 0 Å². The van der Waals surface area contributed by atoms with Crippen LogP contribution in [0.15, 0.2) is 59.3 Å². The van der Waals surface area contributed by atoms with Crippen LogP contribution in [-0.4, -0.2) is 57.7 Å². The molecule has 8 heteroatoms. The van der Waals surface area contributed by atoms with Gasteiger partial charge in [-0.2, -0.15) is 0 Å². The number of hydrogen-bond donors (Lipinski definition) is 1. The van der Waals surface area contributed by atoms with E-state index >= 15 is 0 Å². The van der Waals surface area contributed by atoms with E-state index in [1.54, 1.807) is 0 Å². The van der Waals surface area contributed by atoms with Crippen molar-refractivity contribution in [1.82, 2.24) is 0 Å². The number of ketones is 1. The molecule has 5 aliphatic rings. The molecule has 3 aliphatic heterocycles. The monoisotopic (exact) mass is 684 g/mol. The quantitative estimate of drug-likeness (QED) is 0.0898. The molecule has 0 radical (unpaired) electrons. The molecule has 3 fully saturated rings. The number of fused-ring (bicyclic) bond motifs is 3. The molecule has 1 N–H and O–H groups in total. The maximum Gasteiger partial charge on any atom is 0.334 e. The Morgan fingerprint density at radius 1 is 0.833 bits per heavy atom. The molecular weight excluding hydrogens is 628 g/mol. The van der Waals surface area contributed by atoms with Crippen LogP contribution in [0.5, 0.6) is 0 Å². The summed E-state index contributed by atoms with van der Waals surface area (Å²) in [6, 6.07) is 0. The average molecular weight is 685 g/mol. The van der Waals surface area contributed by atoms with Crippen LogP contribution in [0, 0.1) is 17.8 Å². The van der Waals surface area contributed by atoms with E-state index in [0.717, 1.165) is 51.4 Å². The summed E-state index contributed by atoms with van der Waals surface area (Å²) < 4.78 is 16.8. The number of alkyl halides is 1. The summed E-state index contributed by atoms with van der Waals surface area (Å²) in [5.74, 6) is -1.24. The lowest BCUT2D eigenvalue weighted by atomic mass is 9.82. The fourth-order valence-corrected chi connectivity index (χ4v) is 7.64. The number of aliphatic hydroxyl groups is 1. The van der Waals surface area contributed by atoms with Crippen LogP contribution in [0.1, 0.15) is 119 Å². The van der Waals surface area contributed by atoms with Crippen molar-refractivity contribution in [3.8, 4) is 0 Å². The number of hydrogen-bond acceptors (Lipinski definition) is 7. The summed E-state index contributed by atoms with van der Waals surface area (Å²) in [6.07, 6.45) is 15.3. The Bertz CT molecular complexity index is 1350. The molecule has 266 valence electrons. The molecule has 7 nitrogen and oxygen atoms in total. The molecule has 3 heterocycles. The Labute approximate surface area is 292 Å². The van der Waals surface area contributed by atoms with Gasteiger partial charge in [-0.3, -0.25) is 4.79 Å². The second-order valence-corrected chi connectivity index (χ2v) is 16.2. The molecule has 48 heavy (non-hydrogen) atoms. The largest absolute Gasteiger partial charge is 0.458 e. The van der Waals surface area contributed by atoms with Gasteiger partial charge in [0.1, 0.15) is 6.10 Å². The van der Waals surface area contributed by atoms with Gasteiger partial charge in [-0.05, 0) is 105 Å². The zero-order chi connectivity index (χ0) is 35.4. The number of allylic oxidation sites excluding steroid dienone is 5. The van der Waals surface area contributed by atoms with Crippen LogP contribution in [0.4, 0.5) is 0 Å². The Morgan fingerprint density at radius 2 is 1.44 bits per heavy atom. The predicted molar refractivity (Wildman–Crippen MR) is 189 cm³/mol. The number of esters is 2. The van der Waals surface area contributed by atoms with Gasteiger partial charge < -0.3 is 19.3 Å². The maximum absolute atomic E-state index is 12.8. The van der Waals surface area contributed by atoms with Crippen molar-refractivity contribution >= 4 is 29.3 Å². The Hall–Kier alpha value is -2.48. The summed E-state index contributed by atoms with van der Waals surface area (Å²) in [6.45, 7) is 20.0. The second-order valence-electron chi connectivity index (χ2n) is 15.4. The van der Waals surface area contributed by atoms with Crippen LogP contribution in [-0.2, 0) is 28.6 Å². The second kappa shape index (κ2) is 16.0. The van der Waals surface area contributed by atoms with Gasteiger partial charge in [-0.15, -0.1) is 11.6 Å². The summed E-state index contributed by atoms with van der Waals surface area (Å²) >= 11 is 6.60. The first kappa shape index (κ1) is 38.3. The molecule has 5 rings (SSSR count). The Morgan fingerprint density at radius 3 is 2.15 bits per heavy atom. The summed E-state index contributed by atoms with van der Waals surface area (Å²) in [5.41, 5.74) is 4.68. The van der Waals surface area contributed by atoms with E-state index in [1.165, 1.54) is 16.7 Å². The lowest BCUT2D eigenvalue weighted by Crippen LogP contribution is -2.37. The number of Topliss-reactive ketones (excluding diaryl/α,β-unsaturated/α-hetero) is 1. The van der Waals surface area contributed by atoms with Crippen molar-refractivity contribution < 1.29 is 33.7 Å². The van der Waals surface area contributed by atoms with Crippen molar-refractivity contribution in [3.05, 3.63) is 59.3 Å². The standard InChI is InChI=1S/C20H29ClO3.C20H28O4/c1-13-7-5-8-14(2)11-17-16(15(3)19(23)24-17)12-18(22)20(4,21)10-6-9-13;1-12-7-5-9-13(2)17(21)18-15(14(3)19(22)23-18)11-16-20(4,24-16)10-6-8-12/h8-9,16-18,22H,3,5-7,10-12H2,1-2,4H3;8,13,15-16,18H,3,5-7,9-11H2,1-2,4H3/b13-9+,14-8+;12-8+/t16-,17-,18+,20+;13-,15-,16+,18+,20+/m00/s1. The SMILES string of the molecule is C=C1C(=O)O[C@H]2C(=O)[C@@H](C)CCC/C(C)=C/CC[C@@]3(C)O[C@@H]3C[C@@H]12.C=C1C(=O)O[C@H]2C/C(C)=C/CC/C(C)=C/CC[C@@](C)(Cl)[C@H](O)C[C@@H]12. The fraction of sp³-hybridized carbons (Fsp3) is 0.675. The summed E-state index contributed by atoms with van der Waals surface area (Å²) in [4.78, 5) is 36.0. The van der Waals surface area contributed by atoms with E-state index < -0.39 is 23.1 Å². The molecule has 0 spiro atoms. The van der Waals surface area contributed by atoms with Gasteiger partial charge >= 0.3 is 11.9 Å². The van der Waals surface area contributed by atoms with Crippen molar-refractivity contribution in [2.45, 2.75) is 153 Å². The van der Waals surface area contributed by atoms with Crippen LogP contribution < -0.4 is 0 Å². The van der Waals surface area contributed by atoms with Gasteiger partial charge in [-0.1, -0.05) is 55.0 Å². The highest BCUT2D eigenvalue weighted by molar-refractivity contribution is 6.24. The highest BCUT2D eigenvalue weighted by atomic mass is 35.5. The van der Waals surface area contributed by atoms with E-state index in [2.05, 4.69) is 59.1 Å². The zero-order valence-electron chi connectivity index (χ0n) is 29.9. The van der Waals surface area contributed by atoms with Crippen molar-refractivity contribution in [3.63, 3.8) is 0 Å². The molecule has 0 saturated carbocycles. The molecule has 2 aliphatic carbocycles. The summed E-state index contributed by atoms with van der Waals surface area (Å²) in [5, 5.41) is 10.7. The minimum Gasteiger partial charge on any atom is -0.458 e. The highest BCUT2D eigenvalue weighted by Crippen LogP contribution is 2.47. The molecule has 0 amide bonds. The Kier molecular flexibility index (Phi) is 12.8. The molecule has 9 atom stereocenters. The van der Waals surface area contributed by atoms with E-state index in [1.807, 2.05) is 13.8 Å². The Balaban J connectivity index is 0.000000217. The normalized spacial score (nSPS) is 41.9. The smallest absolute Gasteiger partial charge is 0.334 e. The number of aliphatic hydroxyl groups excluding tert-OH is 1. The molecule has 0 aromatic rings. The van der Waals surface area contributed by atoms with Gasteiger partial charge in [0.2, 0.25) is 0 Å². The van der Waals surface area contributed by atoms with Gasteiger partial charge in [0.25, 0.3) is 0 Å². The number of carbonyl (C=O) groups excluding carboxylic acids is 3. The first-order chi connectivity index (χ1) is 22.5. The van der Waals surface area contributed by atoms with Gasteiger partial charge in [0.15, 0.2) is 11.9 Å². The van der Waals surface area contributed by atoms with Crippen LogP contribution in [0.25, 0.3) is 0 Å².